The summed E-state index contributed by atoms with van der Waals surface area (Å²) in [5.41, 5.74) is 0. The van der Waals surface area contributed by atoms with Crippen LogP contribution >= 0.6 is 0 Å². The van der Waals surface area contributed by atoms with E-state index in [0.717, 1.165) is 19.3 Å². The van der Waals surface area contributed by atoms with Gasteiger partial charge in [-0.3, -0.25) is 0 Å². The minimum Gasteiger partial charge on any atom is -0.425 e. The van der Waals surface area contributed by atoms with E-state index in [2.05, 4.69) is 6.92 Å². The second-order valence-corrected chi connectivity index (χ2v) is 2.65. The molecule has 0 rings (SSSR count). The van der Waals surface area contributed by atoms with E-state index in [4.69, 9.17) is 10.2 Å². The normalized spacial score (nSPS) is 14.0. The number of hydrogen-bond acceptors (Lipinski definition) is 2. The summed E-state index contributed by atoms with van der Waals surface area (Å²) in [6, 6.07) is 0. The Hall–Kier alpha value is 1.02. The van der Waals surface area contributed by atoms with Gasteiger partial charge in [0.25, 0.3) is 0 Å². The van der Waals surface area contributed by atoms with Crippen LogP contribution in [0.4, 0.5) is 0 Å². The average molecular weight is 249 g/mol. The van der Waals surface area contributed by atoms with E-state index in [9.17, 15) is 0 Å². The summed E-state index contributed by atoms with van der Waals surface area (Å²) in [5, 5.41) is 17.8. The van der Waals surface area contributed by atoms with E-state index in [1.165, 1.54) is 0 Å². The third-order valence-electron chi connectivity index (χ3n) is 1.55. The monoisotopic (exact) mass is 249 g/mol. The Morgan fingerprint density at radius 2 is 1.75 bits per heavy atom. The Morgan fingerprint density at radius 3 is 2.08 bits per heavy atom. The van der Waals surface area contributed by atoms with Gasteiger partial charge in [0, 0.05) is 32.7 Å². The second-order valence-electron chi connectivity index (χ2n) is 2.65. The largest absolute Gasteiger partial charge is 0.425 e. The van der Waals surface area contributed by atoms with Crippen molar-refractivity contribution in [1.82, 2.24) is 0 Å². The van der Waals surface area contributed by atoms with Crippen molar-refractivity contribution in [3.05, 3.63) is 14.4 Å². The van der Waals surface area contributed by atoms with Crippen LogP contribution in [-0.2, 0) is 32.7 Å². The van der Waals surface area contributed by atoms with Crippen LogP contribution in [0.2, 0.25) is 0 Å². The molecule has 0 saturated carbocycles. The minimum atomic E-state index is -0.468. The molecule has 0 amide bonds. The summed E-state index contributed by atoms with van der Waals surface area (Å²) >= 11 is 0. The molecule has 0 spiro atoms. The molecule has 0 aliphatic heterocycles. The molecule has 0 aromatic carbocycles. The van der Waals surface area contributed by atoms with Gasteiger partial charge in [0.1, 0.15) is 0 Å². The Labute approximate surface area is 102 Å². The Morgan fingerprint density at radius 1 is 1.25 bits per heavy atom. The smallest absolute Gasteiger partial charge is 0.0537 e. The van der Waals surface area contributed by atoms with Crippen molar-refractivity contribution in [3.63, 3.8) is 0 Å². The van der Waals surface area contributed by atoms with Crippen molar-refractivity contribution in [2.75, 3.05) is 0 Å². The van der Waals surface area contributed by atoms with Crippen molar-refractivity contribution in [2.24, 2.45) is 0 Å². The summed E-state index contributed by atoms with van der Waals surface area (Å²) in [7, 11) is 0. The van der Waals surface area contributed by atoms with E-state index in [-0.39, 0.29) is 46.2 Å². The minimum absolute atomic E-state index is 0. The van der Waals surface area contributed by atoms with Crippen LogP contribution in [0.3, 0.4) is 0 Å². The molecule has 2 N–H and O–H groups in total. The summed E-state index contributed by atoms with van der Waals surface area (Å²) in [5.74, 6) is 0. The SMILES string of the molecule is [CH2-]C(O)CCCC(O)CC.[CH3-].[Y]. The Balaban J connectivity index is -0.000000405. The first-order valence-corrected chi connectivity index (χ1v) is 3.86. The van der Waals surface area contributed by atoms with Gasteiger partial charge in [0.2, 0.25) is 0 Å². The quantitative estimate of drug-likeness (QED) is 0.726. The first kappa shape index (κ1) is 18.7. The first-order chi connectivity index (χ1) is 4.66. The van der Waals surface area contributed by atoms with Crippen LogP contribution in [0.15, 0.2) is 0 Å². The van der Waals surface area contributed by atoms with Crippen molar-refractivity contribution < 1.29 is 42.9 Å². The van der Waals surface area contributed by atoms with Crippen LogP contribution < -0.4 is 0 Å². The maximum absolute atomic E-state index is 9.07. The van der Waals surface area contributed by atoms with E-state index in [1.807, 2.05) is 6.92 Å². The van der Waals surface area contributed by atoms with Gasteiger partial charge in [0.05, 0.1) is 6.10 Å². The van der Waals surface area contributed by atoms with Gasteiger partial charge >= 0.3 is 0 Å². The number of aliphatic hydroxyl groups is 2. The van der Waals surface area contributed by atoms with Crippen molar-refractivity contribution in [3.8, 4) is 0 Å². The zero-order valence-corrected chi connectivity index (χ0v) is 11.0. The predicted molar refractivity (Wildman–Crippen MR) is 47.9 cm³/mol. The number of hydrogen-bond donors (Lipinski definition) is 2. The molecule has 0 aliphatic rings. The third kappa shape index (κ3) is 13.6. The maximum Gasteiger partial charge on any atom is 0.0537 e. The first-order valence-electron chi connectivity index (χ1n) is 3.86. The summed E-state index contributed by atoms with van der Waals surface area (Å²) in [6.07, 6.45) is 2.47. The molecule has 0 saturated heterocycles. The van der Waals surface area contributed by atoms with Crippen LogP contribution in [0.5, 0.6) is 0 Å². The molecule has 2 nitrogen and oxygen atoms in total. The molecular weight excluding hydrogens is 229 g/mol. The molecule has 3 heteroatoms. The summed E-state index contributed by atoms with van der Waals surface area (Å²) in [4.78, 5) is 0. The molecule has 73 valence electrons. The predicted octanol–water partition coefficient (Wildman–Crippen LogP) is 1.57. The van der Waals surface area contributed by atoms with Crippen molar-refractivity contribution in [1.29, 1.82) is 0 Å². The molecule has 0 aromatic rings. The molecule has 0 aliphatic carbocycles. The fraction of sp³-hybridized carbons (Fsp3) is 0.778. The van der Waals surface area contributed by atoms with Gasteiger partial charge in [0.15, 0.2) is 0 Å². The van der Waals surface area contributed by atoms with Crippen LogP contribution in [0.25, 0.3) is 0 Å². The average Bonchev–Trinajstić information content (AvgIpc) is 1.87. The number of aliphatic hydroxyl groups excluding tert-OH is 2. The molecule has 2 unspecified atom stereocenters. The van der Waals surface area contributed by atoms with E-state index in [1.54, 1.807) is 0 Å². The van der Waals surface area contributed by atoms with E-state index < -0.39 is 6.10 Å². The van der Waals surface area contributed by atoms with Gasteiger partial charge in [-0.2, -0.15) is 0 Å². The zero-order chi connectivity index (χ0) is 7.98. The number of rotatable bonds is 5. The molecule has 0 fully saturated rings. The molecule has 2 atom stereocenters. The van der Waals surface area contributed by atoms with E-state index in [0.29, 0.717) is 6.42 Å². The molecule has 0 aromatic heterocycles. The fourth-order valence-corrected chi connectivity index (χ4v) is 0.793. The third-order valence-corrected chi connectivity index (χ3v) is 1.55. The maximum atomic E-state index is 9.07. The molecule has 0 heterocycles. The van der Waals surface area contributed by atoms with Crippen LogP contribution in [-0.4, -0.2) is 22.4 Å². The Bertz CT molecular complexity index is 76.9. The fourth-order valence-electron chi connectivity index (χ4n) is 0.793. The zero-order valence-electron chi connectivity index (χ0n) is 8.16. The van der Waals surface area contributed by atoms with Gasteiger partial charge in [-0.1, -0.05) is 25.9 Å². The standard InChI is InChI=1S/C8H17O2.CH3.Y/c1-3-8(10)6-4-5-7(2)9;;/h7-10H,2-6H2,1H3;1H3;/q2*-1;. The van der Waals surface area contributed by atoms with Crippen LogP contribution in [0.1, 0.15) is 32.6 Å². The van der Waals surface area contributed by atoms with Crippen LogP contribution in [0, 0.1) is 14.4 Å². The van der Waals surface area contributed by atoms with Crippen molar-refractivity contribution >= 4 is 0 Å². The Kier molecular flexibility index (Phi) is 18.8. The second kappa shape index (κ2) is 12.0. The van der Waals surface area contributed by atoms with Gasteiger partial charge in [-0.05, 0) is 12.8 Å². The molecular formula is C9H20O2Y-2. The van der Waals surface area contributed by atoms with E-state index >= 15 is 0 Å². The van der Waals surface area contributed by atoms with Gasteiger partial charge in [-0.25, -0.2) is 0 Å². The van der Waals surface area contributed by atoms with Gasteiger partial charge in [-0.15, -0.1) is 0 Å². The van der Waals surface area contributed by atoms with Gasteiger partial charge < -0.3 is 24.6 Å². The summed E-state index contributed by atoms with van der Waals surface area (Å²) < 4.78 is 0. The van der Waals surface area contributed by atoms with Crippen molar-refractivity contribution in [2.45, 2.75) is 44.8 Å². The summed E-state index contributed by atoms with van der Waals surface area (Å²) in [6.45, 7) is 5.38. The molecule has 0 bridgehead atoms. The topological polar surface area (TPSA) is 40.5 Å². The molecule has 1 radical (unpaired) electrons. The molecule has 12 heavy (non-hydrogen) atoms.